The molecule has 5 heteroatoms. The largest absolute Gasteiger partial charge is 0.419 e. The number of nitrogens with one attached hydrogen (secondary N) is 1. The maximum Gasteiger partial charge on any atom is 0.419 e. The third-order valence-corrected chi connectivity index (χ3v) is 1.76. The fourth-order valence-corrected chi connectivity index (χ4v) is 1.01. The Balaban J connectivity index is 2.60. The maximum absolute atomic E-state index is 12.2. The summed E-state index contributed by atoms with van der Waals surface area (Å²) < 4.78 is 41.2. The molecule has 2 nitrogen and oxygen atoms in total. The minimum absolute atomic E-state index is 0.0984. The van der Waals surface area contributed by atoms with Gasteiger partial charge in [0.05, 0.1) is 0 Å². The van der Waals surface area contributed by atoms with Gasteiger partial charge in [-0.05, 0) is 6.92 Å². The van der Waals surface area contributed by atoms with E-state index < -0.39 is 11.8 Å². The lowest BCUT2D eigenvalue weighted by molar-refractivity contribution is -0.291. The van der Waals surface area contributed by atoms with Crippen molar-refractivity contribution < 1.29 is 17.9 Å². The van der Waals surface area contributed by atoms with Crippen LogP contribution in [0.5, 0.6) is 0 Å². The summed E-state index contributed by atoms with van der Waals surface area (Å²) in [4.78, 5) is 0. The predicted octanol–water partition coefficient (Wildman–Crippen LogP) is 0.927. The van der Waals surface area contributed by atoms with Crippen LogP contribution in [0, 0.1) is 0 Å². The Kier molecular flexibility index (Phi) is 2.11. The van der Waals surface area contributed by atoms with Crippen LogP contribution in [0.15, 0.2) is 0 Å². The smallest absolute Gasteiger partial charge is 0.363 e. The highest BCUT2D eigenvalue weighted by Gasteiger charge is 2.59. The number of ether oxygens (including phenoxy) is 1. The zero-order valence-electron chi connectivity index (χ0n) is 6.16. The van der Waals surface area contributed by atoms with Gasteiger partial charge < -0.3 is 10.1 Å². The summed E-state index contributed by atoms with van der Waals surface area (Å²) in [5, 5.41) is 2.55. The van der Waals surface area contributed by atoms with Crippen molar-refractivity contribution in [3.63, 3.8) is 0 Å². The molecule has 0 aromatic rings. The lowest BCUT2D eigenvalue weighted by atomic mass is 9.96. The molecular formula is C6H10F3NO. The van der Waals surface area contributed by atoms with Gasteiger partial charge in [0.25, 0.3) is 0 Å². The zero-order chi connectivity index (χ0) is 8.54. The van der Waals surface area contributed by atoms with Crippen molar-refractivity contribution >= 4 is 0 Å². The molecule has 0 radical (unpaired) electrons. The molecule has 0 unspecified atom stereocenters. The van der Waals surface area contributed by atoms with Crippen LogP contribution in [0.25, 0.3) is 0 Å². The van der Waals surface area contributed by atoms with E-state index in [1.165, 1.54) is 0 Å². The Morgan fingerprint density at radius 2 is 2.00 bits per heavy atom. The van der Waals surface area contributed by atoms with Crippen molar-refractivity contribution in [2.45, 2.75) is 18.7 Å². The third kappa shape index (κ3) is 1.35. The van der Waals surface area contributed by atoms with Crippen molar-refractivity contribution in [3.8, 4) is 0 Å². The molecule has 0 atom stereocenters. The number of hydrogen-bond acceptors (Lipinski definition) is 2. The molecule has 1 rings (SSSR count). The summed E-state index contributed by atoms with van der Waals surface area (Å²) >= 11 is 0. The molecule has 1 aliphatic heterocycles. The molecule has 0 bridgehead atoms. The zero-order valence-corrected chi connectivity index (χ0v) is 6.16. The molecule has 1 saturated heterocycles. The predicted molar refractivity (Wildman–Crippen MR) is 33.3 cm³/mol. The molecule has 1 heterocycles. The van der Waals surface area contributed by atoms with Crippen molar-refractivity contribution in [2.75, 3.05) is 19.7 Å². The minimum atomic E-state index is -4.24. The first-order chi connectivity index (χ1) is 5.02. The first-order valence-electron chi connectivity index (χ1n) is 3.43. The average molecular weight is 169 g/mol. The number of hydrogen-bond donors (Lipinski definition) is 1. The normalized spacial score (nSPS) is 22.9. The highest BCUT2D eigenvalue weighted by Crippen LogP contribution is 2.36. The fourth-order valence-electron chi connectivity index (χ4n) is 1.01. The lowest BCUT2D eigenvalue weighted by Crippen LogP contribution is -2.69. The summed E-state index contributed by atoms with van der Waals surface area (Å²) in [5.74, 6) is 0. The quantitative estimate of drug-likeness (QED) is 0.663. The highest BCUT2D eigenvalue weighted by atomic mass is 19.4. The Morgan fingerprint density at radius 1 is 1.45 bits per heavy atom. The summed E-state index contributed by atoms with van der Waals surface area (Å²) in [6.45, 7) is 1.42. The van der Waals surface area contributed by atoms with E-state index in [0.29, 0.717) is 0 Å². The fraction of sp³-hybridized carbons (Fsp3) is 1.00. The van der Waals surface area contributed by atoms with Crippen LogP contribution in [0.2, 0.25) is 0 Å². The van der Waals surface area contributed by atoms with E-state index in [-0.39, 0.29) is 19.7 Å². The standard InChI is InChI=1S/C6H10F3NO/c1-2-11-5(3-10-4-5)6(7,8)9/h10H,2-4H2,1H3. The van der Waals surface area contributed by atoms with Gasteiger partial charge in [0.1, 0.15) is 0 Å². The van der Waals surface area contributed by atoms with E-state index in [0.717, 1.165) is 0 Å². The second kappa shape index (κ2) is 2.64. The SMILES string of the molecule is CCOC1(C(F)(F)F)CNC1. The average Bonchev–Trinajstić information content (AvgIpc) is 1.75. The molecule has 1 N–H and O–H groups in total. The summed E-state index contributed by atoms with van der Waals surface area (Å²) in [7, 11) is 0. The third-order valence-electron chi connectivity index (χ3n) is 1.76. The maximum atomic E-state index is 12.2. The molecule has 0 aromatic heterocycles. The Labute approximate surface area is 62.7 Å². The van der Waals surface area contributed by atoms with Crippen LogP contribution in [-0.4, -0.2) is 31.5 Å². The van der Waals surface area contributed by atoms with Crippen LogP contribution in [0.3, 0.4) is 0 Å². The molecule has 0 aromatic carbocycles. The van der Waals surface area contributed by atoms with Crippen molar-refractivity contribution in [1.82, 2.24) is 5.32 Å². The topological polar surface area (TPSA) is 21.3 Å². The van der Waals surface area contributed by atoms with E-state index in [4.69, 9.17) is 0 Å². The van der Waals surface area contributed by atoms with E-state index >= 15 is 0 Å². The first kappa shape index (κ1) is 8.80. The van der Waals surface area contributed by atoms with Gasteiger partial charge in [-0.3, -0.25) is 0 Å². The molecule has 0 amide bonds. The second-order valence-corrected chi connectivity index (χ2v) is 2.53. The van der Waals surface area contributed by atoms with Gasteiger partial charge in [0.2, 0.25) is 0 Å². The Bertz CT molecular complexity index is 141. The molecule has 66 valence electrons. The lowest BCUT2D eigenvalue weighted by Gasteiger charge is -2.42. The molecule has 0 saturated carbocycles. The van der Waals surface area contributed by atoms with E-state index in [1.807, 2.05) is 0 Å². The van der Waals surface area contributed by atoms with Crippen molar-refractivity contribution in [2.24, 2.45) is 0 Å². The minimum Gasteiger partial charge on any atom is -0.363 e. The van der Waals surface area contributed by atoms with Gasteiger partial charge in [-0.1, -0.05) is 0 Å². The molecule has 0 spiro atoms. The Hall–Kier alpha value is -0.290. The van der Waals surface area contributed by atoms with Crippen LogP contribution in [0.4, 0.5) is 13.2 Å². The van der Waals surface area contributed by atoms with Crippen LogP contribution in [-0.2, 0) is 4.74 Å². The highest BCUT2D eigenvalue weighted by molar-refractivity contribution is 5.00. The van der Waals surface area contributed by atoms with Crippen LogP contribution >= 0.6 is 0 Å². The van der Waals surface area contributed by atoms with Gasteiger partial charge in [0, 0.05) is 19.7 Å². The summed E-state index contributed by atoms with van der Waals surface area (Å²) in [6.07, 6.45) is -4.24. The summed E-state index contributed by atoms with van der Waals surface area (Å²) in [5.41, 5.74) is -1.90. The van der Waals surface area contributed by atoms with Crippen molar-refractivity contribution in [1.29, 1.82) is 0 Å². The van der Waals surface area contributed by atoms with Crippen molar-refractivity contribution in [3.05, 3.63) is 0 Å². The van der Waals surface area contributed by atoms with E-state index in [9.17, 15) is 13.2 Å². The summed E-state index contributed by atoms with van der Waals surface area (Å²) in [6, 6.07) is 0. The van der Waals surface area contributed by atoms with Gasteiger partial charge in [-0.15, -0.1) is 0 Å². The number of rotatable bonds is 2. The monoisotopic (exact) mass is 169 g/mol. The molecule has 1 aliphatic rings. The number of halogens is 3. The second-order valence-electron chi connectivity index (χ2n) is 2.53. The van der Waals surface area contributed by atoms with Gasteiger partial charge in [-0.25, -0.2) is 0 Å². The van der Waals surface area contributed by atoms with Gasteiger partial charge in [0.15, 0.2) is 5.60 Å². The molecule has 0 aliphatic carbocycles. The molecular weight excluding hydrogens is 159 g/mol. The molecule has 1 fully saturated rings. The van der Waals surface area contributed by atoms with Gasteiger partial charge >= 0.3 is 6.18 Å². The Morgan fingerprint density at radius 3 is 2.09 bits per heavy atom. The first-order valence-corrected chi connectivity index (χ1v) is 3.43. The van der Waals surface area contributed by atoms with E-state index in [2.05, 4.69) is 10.1 Å². The van der Waals surface area contributed by atoms with Crippen LogP contribution < -0.4 is 5.32 Å². The van der Waals surface area contributed by atoms with Crippen LogP contribution in [0.1, 0.15) is 6.92 Å². The number of alkyl halides is 3. The van der Waals surface area contributed by atoms with E-state index in [1.54, 1.807) is 6.92 Å². The molecule has 11 heavy (non-hydrogen) atoms. The van der Waals surface area contributed by atoms with Gasteiger partial charge in [-0.2, -0.15) is 13.2 Å².